The van der Waals surface area contributed by atoms with E-state index in [1.807, 2.05) is 19.9 Å². The fourth-order valence-electron chi connectivity index (χ4n) is 4.08. The van der Waals surface area contributed by atoms with Gasteiger partial charge in [-0.3, -0.25) is 9.48 Å². The van der Waals surface area contributed by atoms with E-state index in [1.54, 1.807) is 44.4 Å². The molecular formula is C23H29FN4O4. The number of ether oxygens (including phenoxy) is 3. The largest absolute Gasteiger partial charge is 0.481 e. The quantitative estimate of drug-likeness (QED) is 0.638. The number of primary amides is 1. The molecule has 3 atom stereocenters. The van der Waals surface area contributed by atoms with E-state index in [-0.39, 0.29) is 11.7 Å². The molecule has 1 aliphatic carbocycles. The van der Waals surface area contributed by atoms with Gasteiger partial charge in [0.15, 0.2) is 0 Å². The molecule has 0 fully saturated rings. The summed E-state index contributed by atoms with van der Waals surface area (Å²) in [5, 5.41) is 4.28. The third kappa shape index (κ3) is 4.58. The molecule has 9 heteroatoms. The summed E-state index contributed by atoms with van der Waals surface area (Å²) < 4.78 is 33.0. The average Bonchev–Trinajstić information content (AvgIpc) is 3.17. The lowest BCUT2D eigenvalue weighted by atomic mass is 9.86. The highest BCUT2D eigenvalue weighted by molar-refractivity contribution is 5.94. The highest BCUT2D eigenvalue weighted by Gasteiger charge is 2.31. The van der Waals surface area contributed by atoms with Crippen molar-refractivity contribution < 1.29 is 23.4 Å². The topological polar surface area (TPSA) is 101 Å². The second kappa shape index (κ2) is 10.1. The first-order valence-corrected chi connectivity index (χ1v) is 10.2. The van der Waals surface area contributed by atoms with Crippen LogP contribution in [0.25, 0.3) is 5.57 Å². The predicted octanol–water partition coefficient (Wildman–Crippen LogP) is 2.74. The van der Waals surface area contributed by atoms with Crippen molar-refractivity contribution in [1.29, 1.82) is 0 Å². The minimum absolute atomic E-state index is 0.185. The molecule has 8 nitrogen and oxygen atoms in total. The van der Waals surface area contributed by atoms with Crippen LogP contribution in [0.2, 0.25) is 0 Å². The zero-order valence-electron chi connectivity index (χ0n) is 19.0. The number of halogens is 1. The molecule has 0 spiro atoms. The van der Waals surface area contributed by atoms with Crippen molar-refractivity contribution >= 4 is 11.5 Å². The maximum Gasteiger partial charge on any atom is 0.252 e. The van der Waals surface area contributed by atoms with Gasteiger partial charge in [0, 0.05) is 26.0 Å². The Bertz CT molecular complexity index is 1050. The first kappa shape index (κ1) is 23.6. The monoisotopic (exact) mass is 444 g/mol. The van der Waals surface area contributed by atoms with E-state index in [0.717, 1.165) is 22.3 Å². The van der Waals surface area contributed by atoms with Gasteiger partial charge in [0.1, 0.15) is 6.17 Å². The van der Waals surface area contributed by atoms with Gasteiger partial charge < -0.3 is 19.9 Å². The molecule has 2 aromatic heterocycles. The number of nitrogens with zero attached hydrogens (tertiary/aromatic N) is 3. The van der Waals surface area contributed by atoms with Crippen LogP contribution in [0.15, 0.2) is 30.6 Å². The summed E-state index contributed by atoms with van der Waals surface area (Å²) in [5.74, 6) is -0.892. The molecule has 0 aliphatic heterocycles. The fraction of sp³-hybridized carbons (Fsp3) is 0.435. The fourth-order valence-corrected chi connectivity index (χ4v) is 4.08. The second-order valence-electron chi connectivity index (χ2n) is 7.70. The van der Waals surface area contributed by atoms with E-state index in [0.29, 0.717) is 24.7 Å². The number of amides is 1. The number of carbonyl (C=O) groups is 1. The van der Waals surface area contributed by atoms with E-state index in [1.165, 1.54) is 6.20 Å². The molecule has 2 unspecified atom stereocenters. The summed E-state index contributed by atoms with van der Waals surface area (Å²) in [7, 11) is 4.68. The molecule has 0 saturated heterocycles. The molecule has 0 radical (unpaired) electrons. The van der Waals surface area contributed by atoms with Crippen LogP contribution in [-0.4, -0.2) is 60.9 Å². The zero-order valence-corrected chi connectivity index (χ0v) is 19.0. The molecule has 0 saturated carbocycles. The van der Waals surface area contributed by atoms with Crippen LogP contribution in [0, 0.1) is 13.8 Å². The van der Waals surface area contributed by atoms with E-state index in [4.69, 9.17) is 19.9 Å². The minimum atomic E-state index is -1.40. The third-order valence-corrected chi connectivity index (χ3v) is 5.64. The van der Waals surface area contributed by atoms with Crippen molar-refractivity contribution in [3.05, 3.63) is 58.6 Å². The van der Waals surface area contributed by atoms with Gasteiger partial charge in [-0.05, 0) is 36.6 Å². The molecule has 0 aromatic carbocycles. The van der Waals surface area contributed by atoms with Gasteiger partial charge in [-0.1, -0.05) is 12.2 Å². The Hall–Kier alpha value is -3.04. The number of carbonyl (C=O) groups excluding carboxylic acids is 1. The number of hydrogen-bond donors (Lipinski definition) is 1. The number of pyridine rings is 1. The summed E-state index contributed by atoms with van der Waals surface area (Å²) in [4.78, 5) is 16.3. The Morgan fingerprint density at radius 3 is 2.62 bits per heavy atom. The van der Waals surface area contributed by atoms with E-state index < -0.39 is 18.0 Å². The number of rotatable bonds is 9. The van der Waals surface area contributed by atoms with Crippen molar-refractivity contribution in [3.8, 4) is 5.88 Å². The lowest BCUT2D eigenvalue weighted by molar-refractivity contribution is 0.0156. The summed E-state index contributed by atoms with van der Waals surface area (Å²) in [6, 6.07) is 0. The minimum Gasteiger partial charge on any atom is -0.481 e. The maximum atomic E-state index is 15.6. The highest BCUT2D eigenvalue weighted by Crippen LogP contribution is 2.37. The lowest BCUT2D eigenvalue weighted by Crippen LogP contribution is -2.28. The van der Waals surface area contributed by atoms with Crippen molar-refractivity contribution in [3.63, 3.8) is 0 Å². The lowest BCUT2D eigenvalue weighted by Gasteiger charge is -2.25. The van der Waals surface area contributed by atoms with Crippen molar-refractivity contribution in [2.24, 2.45) is 5.73 Å². The van der Waals surface area contributed by atoms with Crippen LogP contribution in [0.3, 0.4) is 0 Å². The first-order chi connectivity index (χ1) is 15.3. The number of methoxy groups -OCH3 is 3. The van der Waals surface area contributed by atoms with Crippen molar-refractivity contribution in [2.75, 3.05) is 27.9 Å². The van der Waals surface area contributed by atoms with Crippen LogP contribution in [0.1, 0.15) is 38.7 Å². The predicted molar refractivity (Wildman–Crippen MR) is 118 cm³/mol. The number of aromatic nitrogens is 3. The normalized spacial score (nSPS) is 19.0. The Kier molecular flexibility index (Phi) is 7.42. The van der Waals surface area contributed by atoms with Crippen LogP contribution >= 0.6 is 0 Å². The summed E-state index contributed by atoms with van der Waals surface area (Å²) in [6.07, 6.45) is 6.50. The van der Waals surface area contributed by atoms with Crippen molar-refractivity contribution in [2.45, 2.75) is 38.6 Å². The smallest absolute Gasteiger partial charge is 0.252 e. The highest BCUT2D eigenvalue weighted by atomic mass is 19.1. The van der Waals surface area contributed by atoms with Gasteiger partial charge in [-0.25, -0.2) is 9.37 Å². The number of aryl methyl sites for hydroxylation is 1. The Balaban J connectivity index is 1.99. The van der Waals surface area contributed by atoms with E-state index in [9.17, 15) is 4.79 Å². The van der Waals surface area contributed by atoms with E-state index >= 15 is 4.39 Å². The van der Waals surface area contributed by atoms with Crippen molar-refractivity contribution in [1.82, 2.24) is 14.8 Å². The van der Waals surface area contributed by atoms with Gasteiger partial charge in [0.25, 0.3) is 5.91 Å². The number of allylic oxidation sites excluding steroid dienone is 4. The molecule has 2 heterocycles. The Morgan fingerprint density at radius 2 is 2.03 bits per heavy atom. The van der Waals surface area contributed by atoms with Crippen LogP contribution in [0.4, 0.5) is 4.39 Å². The van der Waals surface area contributed by atoms with Crippen LogP contribution in [0.5, 0.6) is 5.88 Å². The molecule has 2 N–H and O–H groups in total. The number of alkyl halides is 1. The molecule has 32 heavy (non-hydrogen) atoms. The zero-order chi connectivity index (χ0) is 23.4. The molecule has 2 aromatic rings. The molecule has 3 rings (SSSR count). The number of nitrogens with two attached hydrogens (primary N) is 1. The second-order valence-corrected chi connectivity index (χ2v) is 7.70. The van der Waals surface area contributed by atoms with Crippen LogP contribution in [-0.2, 0) is 16.0 Å². The Morgan fingerprint density at radius 1 is 1.28 bits per heavy atom. The van der Waals surface area contributed by atoms with Gasteiger partial charge in [-0.15, -0.1) is 0 Å². The van der Waals surface area contributed by atoms with Gasteiger partial charge in [0.05, 0.1) is 49.7 Å². The SMILES string of the molecule is COC[C@H](Cn1ncc(C(N)=O)c1C1C=CC(c2c(C)cnc(OC)c2C)=CC1F)OC. The van der Waals surface area contributed by atoms with Crippen LogP contribution < -0.4 is 10.5 Å². The Labute approximate surface area is 186 Å². The van der Waals surface area contributed by atoms with Gasteiger partial charge in [0.2, 0.25) is 5.88 Å². The molecule has 172 valence electrons. The maximum absolute atomic E-state index is 15.6. The molecule has 1 aliphatic rings. The van der Waals surface area contributed by atoms with E-state index in [2.05, 4.69) is 10.1 Å². The summed E-state index contributed by atoms with van der Waals surface area (Å²) >= 11 is 0. The third-order valence-electron chi connectivity index (χ3n) is 5.64. The average molecular weight is 445 g/mol. The molecule has 1 amide bonds. The molecule has 0 bridgehead atoms. The standard InChI is InChI=1S/C23H29FN4O4/c1-13-9-26-23(32-5)14(2)20(13)15-6-7-17(19(24)8-15)21-18(22(25)29)10-27-28(21)11-16(31-4)12-30-3/h6-10,16-17,19H,11-12H2,1-5H3,(H2,25,29)/t16-,17?,19?/m0/s1. The molecular weight excluding hydrogens is 415 g/mol. The summed E-state index contributed by atoms with van der Waals surface area (Å²) in [6.45, 7) is 4.43. The first-order valence-electron chi connectivity index (χ1n) is 10.2. The number of hydrogen-bond acceptors (Lipinski definition) is 6. The van der Waals surface area contributed by atoms with Gasteiger partial charge >= 0.3 is 0 Å². The van der Waals surface area contributed by atoms with Gasteiger partial charge in [-0.2, -0.15) is 5.10 Å². The summed E-state index contributed by atoms with van der Waals surface area (Å²) in [5.41, 5.74) is 9.50.